The number of hydrogen-bond donors (Lipinski definition) is 1. The van der Waals surface area contributed by atoms with Crippen molar-refractivity contribution in [2.24, 2.45) is 5.14 Å². The highest BCUT2D eigenvalue weighted by molar-refractivity contribution is 7.89. The summed E-state index contributed by atoms with van der Waals surface area (Å²) in [4.78, 5) is -0.164. The molecule has 0 aromatic heterocycles. The molecule has 0 amide bonds. The van der Waals surface area contributed by atoms with Gasteiger partial charge >= 0.3 is 0 Å². The molecule has 0 bridgehead atoms. The van der Waals surface area contributed by atoms with Crippen LogP contribution in [0.3, 0.4) is 0 Å². The van der Waals surface area contributed by atoms with Gasteiger partial charge in [-0.3, -0.25) is 0 Å². The summed E-state index contributed by atoms with van der Waals surface area (Å²) < 4.78 is 26.7. The second-order valence-electron chi connectivity index (χ2n) is 2.41. The van der Waals surface area contributed by atoms with E-state index in [1.54, 1.807) is 0 Å². The first kappa shape index (κ1) is 9.82. The van der Waals surface area contributed by atoms with Crippen molar-refractivity contribution in [1.82, 2.24) is 5.73 Å². The molecule has 0 fully saturated rings. The minimum Gasteiger partial charge on any atom is -0.495 e. The lowest BCUT2D eigenvalue weighted by atomic mass is 10.3. The van der Waals surface area contributed by atoms with Crippen LogP contribution in [0.5, 0.6) is 5.75 Å². The normalized spacial score (nSPS) is 11.2. The van der Waals surface area contributed by atoms with Crippen molar-refractivity contribution in [2.45, 2.75) is 4.90 Å². The molecule has 5 nitrogen and oxygen atoms in total. The van der Waals surface area contributed by atoms with Crippen LogP contribution in [0.2, 0.25) is 0 Å². The molecule has 1 aromatic rings. The first-order valence-corrected chi connectivity index (χ1v) is 4.92. The van der Waals surface area contributed by atoms with Crippen molar-refractivity contribution in [3.8, 4) is 5.75 Å². The SMILES string of the molecule is COc1ccc([NH])cc1S(N)(=O)=O. The average Bonchev–Trinajstić information content (AvgIpc) is 2.03. The van der Waals surface area contributed by atoms with Gasteiger partial charge in [0.2, 0.25) is 10.0 Å². The molecular weight excluding hydrogens is 192 g/mol. The molecule has 0 unspecified atom stereocenters. The summed E-state index contributed by atoms with van der Waals surface area (Å²) in [6, 6.07) is 3.96. The van der Waals surface area contributed by atoms with Crippen LogP contribution in [0.1, 0.15) is 0 Å². The number of nitrogens with one attached hydrogen (secondary N) is 1. The van der Waals surface area contributed by atoms with Crippen LogP contribution in [0, 0.1) is 0 Å². The van der Waals surface area contributed by atoms with E-state index in [0.29, 0.717) is 0 Å². The highest BCUT2D eigenvalue weighted by Crippen LogP contribution is 2.24. The molecule has 6 heteroatoms. The summed E-state index contributed by atoms with van der Waals surface area (Å²) >= 11 is 0. The van der Waals surface area contributed by atoms with Crippen molar-refractivity contribution in [2.75, 3.05) is 7.11 Å². The number of hydrogen-bond acceptors (Lipinski definition) is 3. The van der Waals surface area contributed by atoms with E-state index in [0.717, 1.165) is 6.07 Å². The highest BCUT2D eigenvalue weighted by atomic mass is 32.2. The minimum atomic E-state index is -3.81. The number of sulfonamides is 1. The molecule has 0 aliphatic rings. The summed E-state index contributed by atoms with van der Waals surface area (Å²) in [6.07, 6.45) is 0. The molecule has 0 heterocycles. The lowest BCUT2D eigenvalue weighted by Gasteiger charge is -2.05. The molecule has 0 aliphatic carbocycles. The maximum absolute atomic E-state index is 11.0. The molecule has 0 saturated carbocycles. The third-order valence-electron chi connectivity index (χ3n) is 1.47. The summed E-state index contributed by atoms with van der Waals surface area (Å²) in [6.45, 7) is 0. The van der Waals surface area contributed by atoms with Crippen LogP contribution in [0.4, 0.5) is 5.69 Å². The third kappa shape index (κ3) is 2.10. The van der Waals surface area contributed by atoms with Gasteiger partial charge in [0, 0.05) is 0 Å². The lowest BCUT2D eigenvalue weighted by molar-refractivity contribution is 0.403. The van der Waals surface area contributed by atoms with Gasteiger partial charge in [-0.1, -0.05) is 0 Å². The molecule has 13 heavy (non-hydrogen) atoms. The molecule has 1 rings (SSSR count). The van der Waals surface area contributed by atoms with Gasteiger partial charge in [-0.15, -0.1) is 0 Å². The topological polar surface area (TPSA) is 93.2 Å². The Morgan fingerprint density at radius 3 is 2.54 bits per heavy atom. The molecule has 71 valence electrons. The van der Waals surface area contributed by atoms with Gasteiger partial charge in [0.05, 0.1) is 12.8 Å². The first-order valence-electron chi connectivity index (χ1n) is 3.37. The molecule has 0 aliphatic heterocycles. The zero-order valence-corrected chi connectivity index (χ0v) is 7.76. The Morgan fingerprint density at radius 1 is 1.46 bits per heavy atom. The fraction of sp³-hybridized carbons (Fsp3) is 0.143. The number of rotatable bonds is 2. The maximum Gasteiger partial charge on any atom is 0.241 e. The number of primary sulfonamides is 1. The quantitative estimate of drug-likeness (QED) is 0.743. The van der Waals surface area contributed by atoms with Crippen molar-refractivity contribution < 1.29 is 13.2 Å². The smallest absolute Gasteiger partial charge is 0.241 e. The molecule has 3 N–H and O–H groups in total. The van der Waals surface area contributed by atoms with E-state index < -0.39 is 10.0 Å². The van der Waals surface area contributed by atoms with Crippen molar-refractivity contribution in [3.63, 3.8) is 0 Å². The Morgan fingerprint density at radius 2 is 2.08 bits per heavy atom. The van der Waals surface area contributed by atoms with Crippen molar-refractivity contribution in [1.29, 1.82) is 0 Å². The van der Waals surface area contributed by atoms with Crippen LogP contribution in [-0.4, -0.2) is 15.5 Å². The standard InChI is InChI=1S/C7H9N2O3S/c1-12-6-3-2-5(8)4-7(6)13(9,10)11/h2-4,8H,1H3,(H2,9,10,11). The highest BCUT2D eigenvalue weighted by Gasteiger charge is 2.14. The largest absolute Gasteiger partial charge is 0.495 e. The Labute approximate surface area is 76.4 Å². The van der Waals surface area contributed by atoms with Crippen LogP contribution in [0.15, 0.2) is 23.1 Å². The number of nitrogens with two attached hydrogens (primary N) is 1. The van der Waals surface area contributed by atoms with E-state index in [9.17, 15) is 8.42 Å². The third-order valence-corrected chi connectivity index (χ3v) is 2.40. The van der Waals surface area contributed by atoms with Crippen molar-refractivity contribution >= 4 is 15.7 Å². The predicted molar refractivity (Wildman–Crippen MR) is 47.1 cm³/mol. The molecule has 0 atom stereocenters. The Bertz CT molecular complexity index is 414. The maximum atomic E-state index is 11.0. The molecule has 0 saturated heterocycles. The first-order chi connectivity index (χ1) is 5.95. The second kappa shape index (κ2) is 3.23. The fourth-order valence-corrected chi connectivity index (χ4v) is 1.62. The van der Waals surface area contributed by atoms with E-state index >= 15 is 0 Å². The Kier molecular flexibility index (Phi) is 2.44. The summed E-state index contributed by atoms with van der Waals surface area (Å²) in [5.74, 6) is 0.151. The second-order valence-corrected chi connectivity index (χ2v) is 3.94. The monoisotopic (exact) mass is 201 g/mol. The number of benzene rings is 1. The average molecular weight is 201 g/mol. The van der Waals surface area contributed by atoms with Gasteiger partial charge in [0.25, 0.3) is 0 Å². The fourth-order valence-electron chi connectivity index (χ4n) is 0.899. The van der Waals surface area contributed by atoms with Crippen LogP contribution >= 0.6 is 0 Å². The molecule has 0 spiro atoms. The van der Waals surface area contributed by atoms with E-state index in [4.69, 9.17) is 15.6 Å². The van der Waals surface area contributed by atoms with Crippen LogP contribution in [0.25, 0.3) is 0 Å². The lowest BCUT2D eigenvalue weighted by Crippen LogP contribution is -2.13. The van der Waals surface area contributed by atoms with Gasteiger partial charge < -0.3 is 10.5 Å². The van der Waals surface area contributed by atoms with Gasteiger partial charge in [-0.2, -0.15) is 0 Å². The van der Waals surface area contributed by atoms with Gasteiger partial charge in [-0.05, 0) is 18.2 Å². The van der Waals surface area contributed by atoms with E-state index in [2.05, 4.69) is 0 Å². The summed E-state index contributed by atoms with van der Waals surface area (Å²) in [5.41, 5.74) is 7.29. The minimum absolute atomic E-state index is 0.0739. The molecule has 1 aromatic carbocycles. The Balaban J connectivity index is 3.41. The van der Waals surface area contributed by atoms with Gasteiger partial charge in [-0.25, -0.2) is 13.6 Å². The van der Waals surface area contributed by atoms with Gasteiger partial charge in [0.1, 0.15) is 10.6 Å². The summed E-state index contributed by atoms with van der Waals surface area (Å²) in [7, 11) is -2.47. The van der Waals surface area contributed by atoms with Crippen LogP contribution in [-0.2, 0) is 10.0 Å². The predicted octanol–water partition coefficient (Wildman–Crippen LogP) is 0.257. The number of ether oxygens (including phenoxy) is 1. The van der Waals surface area contributed by atoms with Gasteiger partial charge in [0.15, 0.2) is 0 Å². The van der Waals surface area contributed by atoms with Crippen LogP contribution < -0.4 is 15.6 Å². The summed E-state index contributed by atoms with van der Waals surface area (Å²) in [5, 5.41) is 4.91. The molecule has 1 radical (unpaired) electrons. The zero-order valence-electron chi connectivity index (χ0n) is 6.94. The van der Waals surface area contributed by atoms with E-state index in [1.807, 2.05) is 0 Å². The Hall–Kier alpha value is -1.27. The van der Waals surface area contributed by atoms with E-state index in [1.165, 1.54) is 19.2 Å². The molecular formula is C7H9N2O3S. The number of methoxy groups -OCH3 is 1. The zero-order chi connectivity index (χ0) is 10.1. The van der Waals surface area contributed by atoms with Crippen molar-refractivity contribution in [3.05, 3.63) is 18.2 Å². The van der Waals surface area contributed by atoms with E-state index in [-0.39, 0.29) is 16.3 Å².